The van der Waals surface area contributed by atoms with Gasteiger partial charge in [-0.15, -0.1) is 0 Å². The Morgan fingerprint density at radius 2 is 2.19 bits per heavy atom. The largest absolute Gasteiger partial charge is 0.482 e. The standard InChI is InChI=1S/C14H20ClFN2O3/c1-14(20,9-18(2)3)8-17-13(19)7-21-12-5-4-10(16)6-11(12)15/h4-6,20H,7-9H2,1-3H3,(H,17,19). The monoisotopic (exact) mass is 318 g/mol. The molecule has 118 valence electrons. The molecule has 0 saturated heterocycles. The molecule has 1 aromatic rings. The first kappa shape index (κ1) is 17.7. The lowest BCUT2D eigenvalue weighted by Gasteiger charge is -2.27. The first-order chi connectivity index (χ1) is 9.69. The van der Waals surface area contributed by atoms with E-state index in [1.54, 1.807) is 6.92 Å². The maximum absolute atomic E-state index is 12.9. The molecule has 2 N–H and O–H groups in total. The van der Waals surface area contributed by atoms with Gasteiger partial charge >= 0.3 is 0 Å². The Kier molecular flexibility index (Phi) is 6.39. The Morgan fingerprint density at radius 1 is 1.52 bits per heavy atom. The second-order valence-electron chi connectivity index (χ2n) is 5.37. The molecule has 0 aliphatic carbocycles. The van der Waals surface area contributed by atoms with Crippen molar-refractivity contribution < 1.29 is 19.0 Å². The van der Waals surface area contributed by atoms with Gasteiger partial charge in [-0.2, -0.15) is 0 Å². The number of benzene rings is 1. The molecule has 1 aromatic carbocycles. The smallest absolute Gasteiger partial charge is 0.258 e. The summed E-state index contributed by atoms with van der Waals surface area (Å²) in [5, 5.41) is 12.7. The van der Waals surface area contributed by atoms with Crippen molar-refractivity contribution in [3.63, 3.8) is 0 Å². The van der Waals surface area contributed by atoms with Gasteiger partial charge in [-0.05, 0) is 39.2 Å². The summed E-state index contributed by atoms with van der Waals surface area (Å²) in [4.78, 5) is 13.5. The Labute approximate surface area is 128 Å². The summed E-state index contributed by atoms with van der Waals surface area (Å²) in [7, 11) is 3.66. The predicted octanol–water partition coefficient (Wildman–Crippen LogP) is 1.29. The molecular weight excluding hydrogens is 299 g/mol. The summed E-state index contributed by atoms with van der Waals surface area (Å²) < 4.78 is 18.0. The van der Waals surface area contributed by atoms with Gasteiger partial charge in [0.2, 0.25) is 0 Å². The van der Waals surface area contributed by atoms with Gasteiger partial charge in [0.15, 0.2) is 6.61 Å². The number of rotatable bonds is 7. The summed E-state index contributed by atoms with van der Waals surface area (Å²) >= 11 is 5.78. The zero-order chi connectivity index (χ0) is 16.0. The maximum Gasteiger partial charge on any atom is 0.258 e. The summed E-state index contributed by atoms with van der Waals surface area (Å²) in [6.45, 7) is 1.89. The normalized spacial score (nSPS) is 13.9. The molecule has 0 aromatic heterocycles. The van der Waals surface area contributed by atoms with Crippen molar-refractivity contribution in [1.29, 1.82) is 0 Å². The summed E-state index contributed by atoms with van der Waals surface area (Å²) in [5.74, 6) is -0.640. The topological polar surface area (TPSA) is 61.8 Å². The Balaban J connectivity index is 2.41. The van der Waals surface area contributed by atoms with Crippen molar-refractivity contribution in [3.05, 3.63) is 29.0 Å². The number of nitrogens with zero attached hydrogens (tertiary/aromatic N) is 1. The minimum atomic E-state index is -1.04. The molecule has 0 aliphatic rings. The zero-order valence-electron chi connectivity index (χ0n) is 12.3. The van der Waals surface area contributed by atoms with E-state index in [2.05, 4.69) is 5.32 Å². The fourth-order valence-corrected chi connectivity index (χ4v) is 2.03. The van der Waals surface area contributed by atoms with E-state index >= 15 is 0 Å². The van der Waals surface area contributed by atoms with Crippen LogP contribution in [0.3, 0.4) is 0 Å². The molecule has 1 amide bonds. The van der Waals surface area contributed by atoms with Crippen molar-refractivity contribution in [2.75, 3.05) is 33.8 Å². The van der Waals surface area contributed by atoms with Gasteiger partial charge in [0.05, 0.1) is 10.6 Å². The highest BCUT2D eigenvalue weighted by Gasteiger charge is 2.22. The second-order valence-corrected chi connectivity index (χ2v) is 5.78. The van der Waals surface area contributed by atoms with Crippen LogP contribution >= 0.6 is 11.6 Å². The molecule has 0 fully saturated rings. The van der Waals surface area contributed by atoms with E-state index in [0.29, 0.717) is 6.54 Å². The van der Waals surface area contributed by atoms with Crippen molar-refractivity contribution >= 4 is 17.5 Å². The predicted molar refractivity (Wildman–Crippen MR) is 79.1 cm³/mol. The molecule has 1 unspecified atom stereocenters. The van der Waals surface area contributed by atoms with Gasteiger partial charge in [-0.1, -0.05) is 11.6 Å². The SMILES string of the molecule is CN(C)CC(C)(O)CNC(=O)COc1ccc(F)cc1Cl. The lowest BCUT2D eigenvalue weighted by atomic mass is 10.1. The molecule has 21 heavy (non-hydrogen) atoms. The number of aliphatic hydroxyl groups is 1. The number of carbonyl (C=O) groups excluding carboxylic acids is 1. The van der Waals surface area contributed by atoms with Crippen LogP contribution < -0.4 is 10.1 Å². The van der Waals surface area contributed by atoms with Gasteiger partial charge in [-0.3, -0.25) is 4.79 Å². The molecule has 0 heterocycles. The van der Waals surface area contributed by atoms with E-state index in [1.807, 2.05) is 19.0 Å². The molecular formula is C14H20ClFN2O3. The van der Waals surface area contributed by atoms with E-state index in [9.17, 15) is 14.3 Å². The highest BCUT2D eigenvalue weighted by atomic mass is 35.5. The molecule has 0 radical (unpaired) electrons. The number of amides is 1. The molecule has 5 nitrogen and oxygen atoms in total. The Hall–Kier alpha value is -1.37. The second kappa shape index (κ2) is 7.59. The van der Waals surface area contributed by atoms with Crippen molar-refractivity contribution in [2.45, 2.75) is 12.5 Å². The fourth-order valence-electron chi connectivity index (χ4n) is 1.81. The molecule has 7 heteroatoms. The third-order valence-electron chi connectivity index (χ3n) is 2.58. The van der Waals surface area contributed by atoms with Crippen LogP contribution in [-0.4, -0.2) is 55.3 Å². The lowest BCUT2D eigenvalue weighted by molar-refractivity contribution is -0.124. The Bertz CT molecular complexity index is 495. The Morgan fingerprint density at radius 3 is 2.76 bits per heavy atom. The summed E-state index contributed by atoms with van der Waals surface area (Å²) in [6, 6.07) is 3.66. The van der Waals surface area contributed by atoms with Crippen LogP contribution in [0.1, 0.15) is 6.92 Å². The van der Waals surface area contributed by atoms with E-state index in [1.165, 1.54) is 12.1 Å². The van der Waals surface area contributed by atoms with Crippen LogP contribution in [0.15, 0.2) is 18.2 Å². The van der Waals surface area contributed by atoms with E-state index in [0.717, 1.165) is 6.07 Å². The molecule has 0 aliphatic heterocycles. The van der Waals surface area contributed by atoms with E-state index < -0.39 is 17.3 Å². The van der Waals surface area contributed by atoms with Gasteiger partial charge < -0.3 is 20.1 Å². The maximum atomic E-state index is 12.9. The molecule has 0 spiro atoms. The van der Waals surface area contributed by atoms with Gasteiger partial charge in [0.1, 0.15) is 11.6 Å². The first-order valence-corrected chi connectivity index (χ1v) is 6.79. The zero-order valence-corrected chi connectivity index (χ0v) is 13.1. The van der Waals surface area contributed by atoms with Crippen LogP contribution in [0.5, 0.6) is 5.75 Å². The van der Waals surface area contributed by atoms with E-state index in [4.69, 9.17) is 16.3 Å². The first-order valence-electron chi connectivity index (χ1n) is 6.41. The van der Waals surface area contributed by atoms with E-state index in [-0.39, 0.29) is 23.9 Å². The van der Waals surface area contributed by atoms with Crippen LogP contribution in [0.25, 0.3) is 0 Å². The molecule has 0 bridgehead atoms. The van der Waals surface area contributed by atoms with Gasteiger partial charge in [0.25, 0.3) is 5.91 Å². The molecule has 1 atom stereocenters. The summed E-state index contributed by atoms with van der Waals surface area (Å²) in [6.07, 6.45) is 0. The van der Waals surface area contributed by atoms with Crippen LogP contribution in [0.2, 0.25) is 5.02 Å². The minimum Gasteiger partial charge on any atom is -0.482 e. The fraction of sp³-hybridized carbons (Fsp3) is 0.500. The van der Waals surface area contributed by atoms with Gasteiger partial charge in [-0.25, -0.2) is 4.39 Å². The van der Waals surface area contributed by atoms with Crippen molar-refractivity contribution in [2.24, 2.45) is 0 Å². The third-order valence-corrected chi connectivity index (χ3v) is 2.87. The average Bonchev–Trinajstić information content (AvgIpc) is 2.34. The number of carbonyl (C=O) groups is 1. The average molecular weight is 319 g/mol. The number of halogens is 2. The van der Waals surface area contributed by atoms with Crippen molar-refractivity contribution in [3.8, 4) is 5.75 Å². The number of likely N-dealkylation sites (N-methyl/N-ethyl adjacent to an activating group) is 1. The minimum absolute atomic E-state index is 0.0994. The number of hydrogen-bond acceptors (Lipinski definition) is 4. The van der Waals surface area contributed by atoms with Crippen LogP contribution in [0.4, 0.5) is 4.39 Å². The highest BCUT2D eigenvalue weighted by Crippen LogP contribution is 2.24. The summed E-state index contributed by atoms with van der Waals surface area (Å²) in [5.41, 5.74) is -1.04. The quantitative estimate of drug-likeness (QED) is 0.795. The number of nitrogens with one attached hydrogen (secondary N) is 1. The van der Waals surface area contributed by atoms with Crippen LogP contribution in [0, 0.1) is 5.82 Å². The number of ether oxygens (including phenoxy) is 1. The molecule has 0 saturated carbocycles. The van der Waals surface area contributed by atoms with Gasteiger partial charge in [0, 0.05) is 13.1 Å². The third kappa shape index (κ3) is 6.75. The lowest BCUT2D eigenvalue weighted by Crippen LogP contribution is -2.47. The van der Waals surface area contributed by atoms with Crippen molar-refractivity contribution in [1.82, 2.24) is 10.2 Å². The molecule has 1 rings (SSSR count). The van der Waals surface area contributed by atoms with Crippen LogP contribution in [-0.2, 0) is 4.79 Å². The number of hydrogen-bond donors (Lipinski definition) is 2. The highest BCUT2D eigenvalue weighted by molar-refractivity contribution is 6.32.